The first-order valence-corrected chi connectivity index (χ1v) is 15.8. The molecule has 4 atom stereocenters. The molecule has 0 bridgehead atoms. The molecule has 2 aliphatic heterocycles. The van der Waals surface area contributed by atoms with E-state index in [9.17, 15) is 24.8 Å². The molecule has 3 aromatic carbocycles. The Morgan fingerprint density at radius 1 is 0.956 bits per heavy atom. The summed E-state index contributed by atoms with van der Waals surface area (Å²) in [5, 5.41) is 34.3. The minimum atomic E-state index is -1.07. The molecule has 1 aliphatic carbocycles. The molecule has 2 amide bonds. The van der Waals surface area contributed by atoms with E-state index in [1.807, 2.05) is 54.6 Å². The number of allylic oxidation sites excluding steroid dienone is 1. The van der Waals surface area contributed by atoms with Gasteiger partial charge in [-0.3, -0.25) is 14.5 Å². The van der Waals surface area contributed by atoms with E-state index in [4.69, 9.17) is 4.65 Å². The molecular weight excluding hydrogens is 567 g/mol. The van der Waals surface area contributed by atoms with E-state index in [0.717, 1.165) is 40.9 Å². The minimum Gasteiger partial charge on any atom is -0.508 e. The second-order valence-corrected chi connectivity index (χ2v) is 12.2. The van der Waals surface area contributed by atoms with Gasteiger partial charge in [-0.2, -0.15) is 0 Å². The third-order valence-electron chi connectivity index (χ3n) is 9.25. The van der Waals surface area contributed by atoms with E-state index in [1.165, 1.54) is 10.5 Å². The Labute approximate surface area is 264 Å². The van der Waals surface area contributed by atoms with Crippen LogP contribution in [-0.2, 0) is 14.2 Å². The van der Waals surface area contributed by atoms with Gasteiger partial charge >= 0.3 is 7.12 Å². The fourth-order valence-electron chi connectivity index (χ4n) is 7.26. The molecule has 232 valence electrons. The van der Waals surface area contributed by atoms with E-state index < -0.39 is 31.0 Å². The summed E-state index contributed by atoms with van der Waals surface area (Å²) in [7, 11) is -1.07. The number of aliphatic hydroxyl groups excluding tert-OH is 1. The normalized spacial score (nSPS) is 23.3. The molecule has 6 rings (SSSR count). The summed E-state index contributed by atoms with van der Waals surface area (Å²) >= 11 is 0. The molecular formula is C36H39BN2O6. The lowest BCUT2D eigenvalue weighted by Crippen LogP contribution is -2.46. The van der Waals surface area contributed by atoms with Gasteiger partial charge < -0.3 is 25.2 Å². The van der Waals surface area contributed by atoms with Gasteiger partial charge in [-0.1, -0.05) is 55.3 Å². The number of fused-ring (bicyclic) bond motifs is 3. The average molecular weight is 607 g/mol. The van der Waals surface area contributed by atoms with Crippen LogP contribution in [0, 0.1) is 17.8 Å². The van der Waals surface area contributed by atoms with Gasteiger partial charge in [-0.25, -0.2) is 0 Å². The van der Waals surface area contributed by atoms with Crippen LogP contribution in [-0.4, -0.2) is 46.9 Å². The van der Waals surface area contributed by atoms with E-state index in [2.05, 4.69) is 18.3 Å². The number of aromatic hydroxyl groups is 1. The molecule has 3 aromatic rings. The number of amides is 2. The minimum absolute atomic E-state index is 0.203. The van der Waals surface area contributed by atoms with Crippen LogP contribution in [0.5, 0.6) is 5.75 Å². The van der Waals surface area contributed by atoms with Crippen LogP contribution < -0.4 is 10.2 Å². The van der Waals surface area contributed by atoms with Crippen molar-refractivity contribution in [3.63, 3.8) is 0 Å². The van der Waals surface area contributed by atoms with E-state index in [-0.39, 0.29) is 30.5 Å². The standard InChI is InChI=1S/C36H39BN2O6/c1-2-6-23(19-24-9-16-29(41)17-10-24)11-18-32-33-25(22-40)20-30-34(31(33)21-37(44)45-32)36(43)39(35(30)42)28-14-12-27(13-15-28)38-26-7-4-3-5-8-26/h3-5,7-10,12-17,19,30-32,34,38,40-41,44H,2,6,11,18,20-22H2,1H3/b23-19+/t30-,31+,32-,34-/m1/s1. The van der Waals surface area contributed by atoms with Crippen LogP contribution in [0.25, 0.3) is 6.08 Å². The van der Waals surface area contributed by atoms with Crippen LogP contribution >= 0.6 is 0 Å². The summed E-state index contributed by atoms with van der Waals surface area (Å²) in [6.07, 6.45) is 5.28. The van der Waals surface area contributed by atoms with Crippen LogP contribution in [0.3, 0.4) is 0 Å². The molecule has 0 spiro atoms. The molecule has 0 saturated carbocycles. The Hall–Kier alpha value is -4.18. The van der Waals surface area contributed by atoms with E-state index in [1.54, 1.807) is 24.3 Å². The number of phenolic OH excluding ortho intramolecular Hbond substituents is 1. The van der Waals surface area contributed by atoms with Gasteiger partial charge in [0.2, 0.25) is 11.8 Å². The van der Waals surface area contributed by atoms with Crippen LogP contribution in [0.1, 0.15) is 44.6 Å². The zero-order valence-electron chi connectivity index (χ0n) is 25.4. The molecule has 2 saturated heterocycles. The molecule has 0 radical (unpaired) electrons. The Morgan fingerprint density at radius 2 is 1.67 bits per heavy atom. The molecule has 2 heterocycles. The van der Waals surface area contributed by atoms with Crippen molar-refractivity contribution in [1.29, 1.82) is 0 Å². The van der Waals surface area contributed by atoms with Crippen LogP contribution in [0.15, 0.2) is 95.6 Å². The van der Waals surface area contributed by atoms with Gasteiger partial charge in [0.1, 0.15) is 5.75 Å². The first-order valence-electron chi connectivity index (χ1n) is 15.8. The van der Waals surface area contributed by atoms with Crippen molar-refractivity contribution in [2.45, 2.75) is 51.5 Å². The number of imide groups is 1. The molecule has 9 heteroatoms. The molecule has 8 nitrogen and oxygen atoms in total. The van der Waals surface area contributed by atoms with Crippen molar-refractivity contribution in [1.82, 2.24) is 0 Å². The van der Waals surface area contributed by atoms with Gasteiger partial charge in [-0.15, -0.1) is 0 Å². The van der Waals surface area contributed by atoms with Crippen molar-refractivity contribution in [2.24, 2.45) is 17.8 Å². The number of benzene rings is 3. The third kappa shape index (κ3) is 6.47. The van der Waals surface area contributed by atoms with Gasteiger partial charge in [0.05, 0.1) is 30.2 Å². The Morgan fingerprint density at radius 3 is 2.36 bits per heavy atom. The molecule has 3 aliphatic rings. The maximum Gasteiger partial charge on any atom is 0.455 e. The predicted molar refractivity (Wildman–Crippen MR) is 176 cm³/mol. The zero-order valence-corrected chi connectivity index (χ0v) is 25.4. The number of phenols is 1. The lowest BCUT2D eigenvalue weighted by molar-refractivity contribution is -0.122. The maximum atomic E-state index is 14.0. The lowest BCUT2D eigenvalue weighted by atomic mass is 9.58. The first kappa shape index (κ1) is 30.8. The van der Waals surface area contributed by atoms with Gasteiger partial charge in [-0.05, 0) is 103 Å². The van der Waals surface area contributed by atoms with Crippen molar-refractivity contribution in [3.05, 3.63) is 101 Å². The fourth-order valence-corrected chi connectivity index (χ4v) is 7.26. The number of para-hydroxylation sites is 1. The van der Waals surface area contributed by atoms with E-state index in [0.29, 0.717) is 24.9 Å². The molecule has 45 heavy (non-hydrogen) atoms. The quantitative estimate of drug-likeness (QED) is 0.125. The highest BCUT2D eigenvalue weighted by Crippen LogP contribution is 2.51. The highest BCUT2D eigenvalue weighted by atomic mass is 16.5. The number of hydrogen-bond donors (Lipinski definition) is 4. The molecule has 2 fully saturated rings. The topological polar surface area (TPSA) is 119 Å². The third-order valence-corrected chi connectivity index (χ3v) is 9.25. The SMILES string of the molecule is CCC/C(=C\c1ccc(O)cc1)CC[C@H]1OB(O)C[C@H]2C1=C(CO)C[C@H]1C(=O)N(c3ccc(Nc4ccccc4)cc3)C(=O)[C@H]12. The van der Waals surface area contributed by atoms with Crippen LogP contribution in [0.4, 0.5) is 17.1 Å². The van der Waals surface area contributed by atoms with Crippen molar-refractivity contribution < 1.29 is 29.5 Å². The first-order chi connectivity index (χ1) is 21.9. The van der Waals surface area contributed by atoms with Crippen LogP contribution in [0.2, 0.25) is 6.32 Å². The maximum absolute atomic E-state index is 14.0. The largest absolute Gasteiger partial charge is 0.508 e. The Bertz CT molecular complexity index is 1590. The second-order valence-electron chi connectivity index (χ2n) is 12.2. The second kappa shape index (κ2) is 13.4. The summed E-state index contributed by atoms with van der Waals surface area (Å²) < 4.78 is 6.08. The number of anilines is 3. The Kier molecular flexibility index (Phi) is 9.21. The summed E-state index contributed by atoms with van der Waals surface area (Å²) in [6.45, 7) is 1.90. The Balaban J connectivity index is 1.22. The summed E-state index contributed by atoms with van der Waals surface area (Å²) in [5.41, 5.74) is 6.10. The van der Waals surface area contributed by atoms with Crippen molar-refractivity contribution >= 4 is 42.1 Å². The number of carbonyl (C=O) groups is 2. The number of nitrogens with zero attached hydrogens (tertiary/aromatic N) is 1. The zero-order chi connectivity index (χ0) is 31.5. The summed E-state index contributed by atoms with van der Waals surface area (Å²) in [4.78, 5) is 29.1. The number of aliphatic hydroxyl groups is 1. The number of hydrogen-bond acceptors (Lipinski definition) is 7. The van der Waals surface area contributed by atoms with Gasteiger partial charge in [0.25, 0.3) is 0 Å². The van der Waals surface area contributed by atoms with Gasteiger partial charge in [0, 0.05) is 11.4 Å². The van der Waals surface area contributed by atoms with Crippen molar-refractivity contribution in [3.8, 4) is 5.75 Å². The smallest absolute Gasteiger partial charge is 0.455 e. The fraction of sp³-hybridized carbons (Fsp3) is 0.333. The van der Waals surface area contributed by atoms with Gasteiger partial charge in [0.15, 0.2) is 0 Å². The molecule has 0 aromatic heterocycles. The number of nitrogens with one attached hydrogen (secondary N) is 1. The highest BCUT2D eigenvalue weighted by Gasteiger charge is 2.57. The number of rotatable bonds is 10. The molecule has 4 N–H and O–H groups in total. The summed E-state index contributed by atoms with van der Waals surface area (Å²) in [5.74, 6) is -1.91. The average Bonchev–Trinajstić information content (AvgIpc) is 3.30. The molecule has 0 unspecified atom stereocenters. The van der Waals surface area contributed by atoms with E-state index >= 15 is 0 Å². The highest BCUT2D eigenvalue weighted by molar-refractivity contribution is 6.43. The monoisotopic (exact) mass is 606 g/mol. The number of carbonyl (C=O) groups excluding carboxylic acids is 2. The van der Waals surface area contributed by atoms with Crippen molar-refractivity contribution in [2.75, 3.05) is 16.8 Å². The lowest BCUT2D eigenvalue weighted by Gasteiger charge is -2.43. The predicted octanol–water partition coefficient (Wildman–Crippen LogP) is 6.09. The summed E-state index contributed by atoms with van der Waals surface area (Å²) in [6, 6.07) is 24.1.